The summed E-state index contributed by atoms with van der Waals surface area (Å²) in [5.74, 6) is -1.67. The molecule has 0 aromatic carbocycles. The van der Waals surface area contributed by atoms with Crippen LogP contribution in [0.2, 0.25) is 0 Å². The van der Waals surface area contributed by atoms with E-state index in [-0.39, 0.29) is 39.4 Å². The zero-order valence-electron chi connectivity index (χ0n) is 26.0. The van der Waals surface area contributed by atoms with Crippen molar-refractivity contribution >= 4 is 17.9 Å². The van der Waals surface area contributed by atoms with Crippen LogP contribution in [0.5, 0.6) is 0 Å². The van der Waals surface area contributed by atoms with Crippen LogP contribution in [0.15, 0.2) is 0 Å². The molecule has 1 aliphatic rings. The summed E-state index contributed by atoms with van der Waals surface area (Å²) in [6, 6.07) is 0. The van der Waals surface area contributed by atoms with Crippen molar-refractivity contribution < 1.29 is 29.7 Å². The Morgan fingerprint density at radius 1 is 0.722 bits per heavy atom. The molecule has 6 heteroatoms. The summed E-state index contributed by atoms with van der Waals surface area (Å²) >= 11 is 0. The molecule has 1 aliphatic carbocycles. The Hall–Kier alpha value is -1.59. The number of carboxylic acid groups (broad SMARTS) is 3. The summed E-state index contributed by atoms with van der Waals surface area (Å²) < 4.78 is 0. The van der Waals surface area contributed by atoms with Gasteiger partial charge in [-0.15, -0.1) is 0 Å². The number of rotatable bonds is 6. The van der Waals surface area contributed by atoms with E-state index in [4.69, 9.17) is 15.3 Å². The molecular formula is C30H58O6. The quantitative estimate of drug-likeness (QED) is 0.329. The van der Waals surface area contributed by atoms with Crippen molar-refractivity contribution in [3.8, 4) is 0 Å². The van der Waals surface area contributed by atoms with Crippen molar-refractivity contribution in [3.63, 3.8) is 0 Å². The van der Waals surface area contributed by atoms with Crippen LogP contribution in [0, 0.1) is 44.3 Å². The van der Waals surface area contributed by atoms with Gasteiger partial charge in [0.05, 0.1) is 17.8 Å². The molecule has 0 aromatic rings. The second kappa shape index (κ2) is 12.3. The van der Waals surface area contributed by atoms with E-state index in [1.807, 2.05) is 13.8 Å². The fourth-order valence-electron chi connectivity index (χ4n) is 6.12. The molecule has 6 nitrogen and oxygen atoms in total. The zero-order chi connectivity index (χ0) is 29.7. The molecule has 1 rings (SSSR count). The number of hydrogen-bond acceptors (Lipinski definition) is 3. The highest BCUT2D eigenvalue weighted by Gasteiger charge is 2.55. The summed E-state index contributed by atoms with van der Waals surface area (Å²) in [7, 11) is 0. The molecule has 36 heavy (non-hydrogen) atoms. The maximum atomic E-state index is 10.9. The predicted molar refractivity (Wildman–Crippen MR) is 148 cm³/mol. The van der Waals surface area contributed by atoms with E-state index in [0.717, 1.165) is 12.8 Å². The first-order valence-corrected chi connectivity index (χ1v) is 13.1. The SMILES string of the molecule is CC(C)(C)C1CC(C(=O)O)C1(C)C.CC(C)(C)CC(C)(C)C(=O)O.CC(C)(C)CC(C)(C)CC(=O)O. The first-order chi connectivity index (χ1) is 15.4. The average molecular weight is 515 g/mol. The Morgan fingerprint density at radius 3 is 1.31 bits per heavy atom. The number of aliphatic carboxylic acids is 3. The molecule has 0 amide bonds. The smallest absolute Gasteiger partial charge is 0.309 e. The first-order valence-electron chi connectivity index (χ1n) is 13.1. The van der Waals surface area contributed by atoms with Crippen LogP contribution in [-0.4, -0.2) is 33.2 Å². The largest absolute Gasteiger partial charge is 0.481 e. The van der Waals surface area contributed by atoms with E-state index in [0.29, 0.717) is 12.3 Å². The second-order valence-corrected chi connectivity index (χ2v) is 16.3. The van der Waals surface area contributed by atoms with Gasteiger partial charge in [0.25, 0.3) is 0 Å². The van der Waals surface area contributed by atoms with Gasteiger partial charge in [-0.1, -0.05) is 90.0 Å². The van der Waals surface area contributed by atoms with Gasteiger partial charge < -0.3 is 15.3 Å². The Bertz CT molecular complexity index is 739. The summed E-state index contributed by atoms with van der Waals surface area (Å²) in [6.07, 6.45) is 2.73. The van der Waals surface area contributed by atoms with Crippen molar-refractivity contribution in [2.45, 2.75) is 130 Å². The highest BCUT2D eigenvalue weighted by Crippen LogP contribution is 2.58. The van der Waals surface area contributed by atoms with E-state index >= 15 is 0 Å². The van der Waals surface area contributed by atoms with Gasteiger partial charge in [-0.25, -0.2) is 0 Å². The van der Waals surface area contributed by atoms with Crippen LogP contribution in [-0.2, 0) is 14.4 Å². The molecule has 0 aromatic heterocycles. The fourth-order valence-corrected chi connectivity index (χ4v) is 6.12. The third kappa shape index (κ3) is 14.2. The second-order valence-electron chi connectivity index (χ2n) is 16.3. The minimum absolute atomic E-state index is 0.0376. The van der Waals surface area contributed by atoms with Crippen LogP contribution in [0.1, 0.15) is 130 Å². The van der Waals surface area contributed by atoms with Crippen LogP contribution >= 0.6 is 0 Å². The molecule has 0 aliphatic heterocycles. The summed E-state index contributed by atoms with van der Waals surface area (Å²) in [5, 5.41) is 26.4. The van der Waals surface area contributed by atoms with Crippen molar-refractivity contribution in [1.29, 1.82) is 0 Å². The number of carbonyl (C=O) groups is 3. The number of hydrogen-bond donors (Lipinski definition) is 3. The van der Waals surface area contributed by atoms with E-state index in [9.17, 15) is 14.4 Å². The van der Waals surface area contributed by atoms with Crippen LogP contribution in [0.25, 0.3) is 0 Å². The standard InChI is InChI=1S/C11H20O2.C10H20O2.C9H18O2/c1-10(2,3)8-6-7(9(12)13)11(8,4)5;1-9(2,3)7-10(4,5)6-8(11)12;1-8(2,3)6-9(4,5)7(10)11/h7-8H,6H2,1-5H3,(H,12,13);6-7H2,1-5H3,(H,11,12);6H2,1-5H3,(H,10,11). The van der Waals surface area contributed by atoms with Gasteiger partial charge >= 0.3 is 17.9 Å². The molecule has 0 saturated heterocycles. The van der Waals surface area contributed by atoms with Gasteiger partial charge in [0.1, 0.15) is 0 Å². The summed E-state index contributed by atoms with van der Waals surface area (Å²) in [6.45, 7) is 30.8. The lowest BCUT2D eigenvalue weighted by molar-refractivity contribution is -0.166. The van der Waals surface area contributed by atoms with E-state index in [2.05, 4.69) is 76.2 Å². The Labute approximate surface area is 221 Å². The average Bonchev–Trinajstić information content (AvgIpc) is 2.46. The fraction of sp³-hybridized carbons (Fsp3) is 0.900. The van der Waals surface area contributed by atoms with Crippen molar-refractivity contribution in [2.75, 3.05) is 0 Å². The zero-order valence-corrected chi connectivity index (χ0v) is 26.0. The Kier molecular flexibility index (Phi) is 12.5. The molecule has 2 unspecified atom stereocenters. The predicted octanol–water partition coefficient (Wildman–Crippen LogP) is 8.24. The number of carboxylic acids is 3. The van der Waals surface area contributed by atoms with Crippen LogP contribution in [0.4, 0.5) is 0 Å². The lowest BCUT2D eigenvalue weighted by atomic mass is 9.48. The molecule has 1 saturated carbocycles. The maximum absolute atomic E-state index is 10.9. The first kappa shape index (κ1) is 36.6. The van der Waals surface area contributed by atoms with Gasteiger partial charge in [0.2, 0.25) is 0 Å². The topological polar surface area (TPSA) is 112 Å². The van der Waals surface area contributed by atoms with Gasteiger partial charge in [0, 0.05) is 0 Å². The van der Waals surface area contributed by atoms with Crippen molar-refractivity contribution in [2.24, 2.45) is 44.3 Å². The van der Waals surface area contributed by atoms with Crippen LogP contribution < -0.4 is 0 Å². The van der Waals surface area contributed by atoms with Crippen LogP contribution in [0.3, 0.4) is 0 Å². The highest BCUT2D eigenvalue weighted by molar-refractivity contribution is 5.73. The Morgan fingerprint density at radius 2 is 1.11 bits per heavy atom. The minimum atomic E-state index is -0.715. The normalized spacial score (nSPS) is 20.1. The molecule has 0 spiro atoms. The summed E-state index contributed by atoms with van der Waals surface area (Å²) in [5.41, 5.74) is -0.206. The van der Waals surface area contributed by atoms with Gasteiger partial charge in [-0.3, -0.25) is 14.4 Å². The lowest BCUT2D eigenvalue weighted by Crippen LogP contribution is -2.53. The third-order valence-corrected chi connectivity index (χ3v) is 6.80. The van der Waals surface area contributed by atoms with E-state index in [1.54, 1.807) is 13.8 Å². The van der Waals surface area contributed by atoms with E-state index < -0.39 is 23.3 Å². The van der Waals surface area contributed by atoms with Gasteiger partial charge in [0.15, 0.2) is 0 Å². The van der Waals surface area contributed by atoms with E-state index in [1.165, 1.54) is 0 Å². The van der Waals surface area contributed by atoms with Crippen molar-refractivity contribution in [1.82, 2.24) is 0 Å². The molecule has 0 heterocycles. The third-order valence-electron chi connectivity index (χ3n) is 6.80. The molecule has 2 atom stereocenters. The molecule has 1 fully saturated rings. The molecule has 3 N–H and O–H groups in total. The lowest BCUT2D eigenvalue weighted by Gasteiger charge is -2.56. The molecule has 0 bridgehead atoms. The summed E-state index contributed by atoms with van der Waals surface area (Å²) in [4.78, 5) is 32.1. The molecular weight excluding hydrogens is 456 g/mol. The van der Waals surface area contributed by atoms with Gasteiger partial charge in [-0.2, -0.15) is 0 Å². The maximum Gasteiger partial charge on any atom is 0.309 e. The monoisotopic (exact) mass is 514 g/mol. The molecule has 214 valence electrons. The minimum Gasteiger partial charge on any atom is -0.481 e. The highest BCUT2D eigenvalue weighted by atomic mass is 16.4. The molecule has 0 radical (unpaired) electrons. The van der Waals surface area contributed by atoms with Gasteiger partial charge in [-0.05, 0) is 66.1 Å². The Balaban J connectivity index is 0. The van der Waals surface area contributed by atoms with Crippen molar-refractivity contribution in [3.05, 3.63) is 0 Å².